The molecule has 1 aromatic carbocycles. The first-order valence-corrected chi connectivity index (χ1v) is 12.2. The third-order valence-electron chi connectivity index (χ3n) is 5.59. The average Bonchev–Trinajstić information content (AvgIpc) is 3.21. The molecule has 0 aliphatic rings. The van der Waals surface area contributed by atoms with Gasteiger partial charge in [-0.15, -0.1) is 10.2 Å². The van der Waals surface area contributed by atoms with Crippen molar-refractivity contribution >= 4 is 16.0 Å². The number of aryl methyl sites for hydroxylation is 2. The molecule has 0 spiro atoms. The number of halogens is 2. The molecule has 4 rings (SSSR count). The molecular weight excluding hydrogens is 476 g/mol. The lowest BCUT2D eigenvalue weighted by molar-refractivity contribution is 0.564. The minimum atomic E-state index is -4.12. The highest BCUT2D eigenvalue weighted by atomic mass is 32.2. The molecular formula is C23H23F2N7O2S. The van der Waals surface area contributed by atoms with E-state index in [9.17, 15) is 17.2 Å². The zero-order chi connectivity index (χ0) is 25.3. The number of nitrogens with one attached hydrogen (secondary N) is 1. The lowest BCUT2D eigenvalue weighted by Gasteiger charge is -2.20. The summed E-state index contributed by atoms with van der Waals surface area (Å²) in [6, 6.07) is 5.04. The normalized spacial score (nSPS) is 13.4. The van der Waals surface area contributed by atoms with Gasteiger partial charge in [-0.2, -0.15) is 0 Å². The lowest BCUT2D eigenvalue weighted by Crippen LogP contribution is -2.31. The first kappa shape index (κ1) is 24.3. The van der Waals surface area contributed by atoms with Crippen LogP contribution in [0.2, 0.25) is 0 Å². The fraction of sp³-hybridized carbons (Fsp3) is 0.261. The number of aromatic nitrogens is 6. The topological polar surface area (TPSA) is 116 Å². The summed E-state index contributed by atoms with van der Waals surface area (Å²) in [5.74, 6) is -2.42. The van der Waals surface area contributed by atoms with E-state index in [4.69, 9.17) is 0 Å². The fourth-order valence-corrected chi connectivity index (χ4v) is 4.70. The van der Waals surface area contributed by atoms with Gasteiger partial charge in [-0.1, -0.05) is 13.0 Å². The maximum Gasteiger partial charge on any atom is 0.243 e. The molecule has 3 aromatic heterocycles. The number of rotatable bonds is 7. The van der Waals surface area contributed by atoms with Crippen LogP contribution in [0, 0.1) is 25.5 Å². The van der Waals surface area contributed by atoms with Crippen molar-refractivity contribution in [1.29, 1.82) is 0 Å². The molecule has 12 heteroatoms. The zero-order valence-electron chi connectivity index (χ0n) is 19.4. The predicted molar refractivity (Wildman–Crippen MR) is 126 cm³/mol. The highest BCUT2D eigenvalue weighted by Crippen LogP contribution is 2.30. The summed E-state index contributed by atoms with van der Waals surface area (Å²) in [7, 11) is -4.12. The molecule has 9 nitrogen and oxygen atoms in total. The van der Waals surface area contributed by atoms with Crippen molar-refractivity contribution in [3.05, 3.63) is 77.6 Å². The van der Waals surface area contributed by atoms with Crippen LogP contribution in [0.15, 0.2) is 49.1 Å². The Morgan fingerprint density at radius 1 is 0.943 bits per heavy atom. The number of benzene rings is 1. The van der Waals surface area contributed by atoms with Crippen LogP contribution in [0.3, 0.4) is 0 Å². The van der Waals surface area contributed by atoms with Crippen molar-refractivity contribution in [1.82, 2.24) is 29.7 Å². The van der Waals surface area contributed by atoms with Crippen LogP contribution in [0.5, 0.6) is 0 Å². The standard InChI is InChI=1S/C23H23F2N7O2S/c1-13-8-17(12-26-9-13)22-29-30-23(32(22)20-18(24)6-5-7-19(20)25)31-35(33,34)16(4)15(3)21-27-10-14(2)11-28-21/h5-12,15-16H,1-4H3,(H,30,31)/t15-,16-/m0/s1. The Kier molecular flexibility index (Phi) is 6.57. The van der Waals surface area contributed by atoms with Crippen molar-refractivity contribution in [2.45, 2.75) is 38.9 Å². The fourth-order valence-electron chi connectivity index (χ4n) is 3.47. The summed E-state index contributed by atoms with van der Waals surface area (Å²) < 4.78 is 59.6. The number of para-hydroxylation sites is 1. The van der Waals surface area contributed by atoms with Gasteiger partial charge in [-0.3, -0.25) is 14.3 Å². The van der Waals surface area contributed by atoms with E-state index < -0.39 is 38.5 Å². The first-order chi connectivity index (χ1) is 16.6. The monoisotopic (exact) mass is 499 g/mol. The second-order valence-electron chi connectivity index (χ2n) is 8.26. The first-order valence-electron chi connectivity index (χ1n) is 10.7. The summed E-state index contributed by atoms with van der Waals surface area (Å²) in [6.07, 6.45) is 6.26. The molecule has 0 fully saturated rings. The molecule has 2 atom stereocenters. The number of sulfonamides is 1. The minimum absolute atomic E-state index is 0.0190. The summed E-state index contributed by atoms with van der Waals surface area (Å²) in [5, 5.41) is 6.94. The largest absolute Gasteiger partial charge is 0.264 e. The minimum Gasteiger partial charge on any atom is -0.264 e. The number of hydrogen-bond donors (Lipinski definition) is 1. The van der Waals surface area contributed by atoms with Crippen molar-refractivity contribution in [2.24, 2.45) is 0 Å². The second kappa shape index (κ2) is 9.45. The third-order valence-corrected chi connectivity index (χ3v) is 7.45. The van der Waals surface area contributed by atoms with Gasteiger partial charge in [0.1, 0.15) is 23.1 Å². The molecule has 3 heterocycles. The quantitative estimate of drug-likeness (QED) is 0.409. The predicted octanol–water partition coefficient (Wildman–Crippen LogP) is 3.95. The van der Waals surface area contributed by atoms with E-state index in [1.54, 1.807) is 38.5 Å². The lowest BCUT2D eigenvalue weighted by atomic mass is 10.1. The Morgan fingerprint density at radius 3 is 2.23 bits per heavy atom. The van der Waals surface area contributed by atoms with E-state index in [2.05, 4.69) is 29.9 Å². The third kappa shape index (κ3) is 4.87. The average molecular weight is 500 g/mol. The summed E-state index contributed by atoms with van der Waals surface area (Å²) in [5.41, 5.74) is 1.50. The van der Waals surface area contributed by atoms with Crippen LogP contribution < -0.4 is 4.72 Å². The smallest absolute Gasteiger partial charge is 0.243 e. The molecule has 0 saturated carbocycles. The SMILES string of the molecule is Cc1cnc([C@@H](C)[C@H](C)S(=O)(=O)Nc2nnc(-c3cncc(C)c3)n2-c2c(F)cccc2F)nc1. The van der Waals surface area contributed by atoms with Gasteiger partial charge in [0.15, 0.2) is 5.82 Å². The van der Waals surface area contributed by atoms with Crippen LogP contribution in [0.4, 0.5) is 14.7 Å². The van der Waals surface area contributed by atoms with Crippen LogP contribution in [0.1, 0.15) is 36.7 Å². The molecule has 0 aliphatic heterocycles. The Labute approximate surface area is 201 Å². The molecule has 4 aromatic rings. The Hall–Kier alpha value is -3.80. The summed E-state index contributed by atoms with van der Waals surface area (Å²) in [6.45, 7) is 6.79. The number of pyridine rings is 1. The van der Waals surface area contributed by atoms with Crippen molar-refractivity contribution < 1.29 is 17.2 Å². The number of nitrogens with zero attached hydrogens (tertiary/aromatic N) is 6. The van der Waals surface area contributed by atoms with Gasteiger partial charge >= 0.3 is 0 Å². The molecule has 0 saturated heterocycles. The van der Waals surface area contributed by atoms with Gasteiger partial charge in [0, 0.05) is 36.3 Å². The highest BCUT2D eigenvalue weighted by Gasteiger charge is 2.32. The van der Waals surface area contributed by atoms with Gasteiger partial charge in [0.05, 0.1) is 5.25 Å². The van der Waals surface area contributed by atoms with Gasteiger partial charge in [-0.05, 0) is 50.1 Å². The second-order valence-corrected chi connectivity index (χ2v) is 10.3. The molecule has 0 amide bonds. The zero-order valence-corrected chi connectivity index (χ0v) is 20.3. The van der Waals surface area contributed by atoms with Crippen LogP contribution in [-0.2, 0) is 10.0 Å². The highest BCUT2D eigenvalue weighted by molar-refractivity contribution is 7.93. The van der Waals surface area contributed by atoms with E-state index in [1.807, 2.05) is 6.92 Å². The Bertz CT molecular complexity index is 1450. The van der Waals surface area contributed by atoms with Crippen LogP contribution in [-0.4, -0.2) is 43.4 Å². The van der Waals surface area contributed by atoms with E-state index in [0.29, 0.717) is 11.4 Å². The maximum absolute atomic E-state index is 14.8. The van der Waals surface area contributed by atoms with Gasteiger partial charge in [0.25, 0.3) is 0 Å². The van der Waals surface area contributed by atoms with E-state index in [-0.39, 0.29) is 11.8 Å². The Balaban J connectivity index is 1.79. The number of anilines is 1. The summed E-state index contributed by atoms with van der Waals surface area (Å²) in [4.78, 5) is 12.5. The van der Waals surface area contributed by atoms with E-state index in [0.717, 1.165) is 27.8 Å². The van der Waals surface area contributed by atoms with Crippen LogP contribution >= 0.6 is 0 Å². The summed E-state index contributed by atoms with van der Waals surface area (Å²) >= 11 is 0. The van der Waals surface area contributed by atoms with Gasteiger partial charge in [-0.25, -0.2) is 27.2 Å². The molecule has 182 valence electrons. The van der Waals surface area contributed by atoms with Crippen molar-refractivity contribution in [3.63, 3.8) is 0 Å². The van der Waals surface area contributed by atoms with Gasteiger partial charge in [0.2, 0.25) is 16.0 Å². The Morgan fingerprint density at radius 2 is 1.60 bits per heavy atom. The van der Waals surface area contributed by atoms with E-state index in [1.165, 1.54) is 19.2 Å². The molecule has 35 heavy (non-hydrogen) atoms. The molecule has 0 aliphatic carbocycles. The molecule has 0 unspecified atom stereocenters. The van der Waals surface area contributed by atoms with Gasteiger partial charge < -0.3 is 0 Å². The van der Waals surface area contributed by atoms with Crippen LogP contribution in [0.25, 0.3) is 17.1 Å². The molecule has 0 radical (unpaired) electrons. The maximum atomic E-state index is 14.8. The van der Waals surface area contributed by atoms with Crippen molar-refractivity contribution in [2.75, 3.05) is 4.72 Å². The molecule has 1 N–H and O–H groups in total. The van der Waals surface area contributed by atoms with Crippen molar-refractivity contribution in [3.8, 4) is 17.1 Å². The van der Waals surface area contributed by atoms with E-state index >= 15 is 0 Å². The molecule has 0 bridgehead atoms. The number of hydrogen-bond acceptors (Lipinski definition) is 7.